The third-order valence-corrected chi connectivity index (χ3v) is 2.64. The number of aromatic nitrogens is 3. The molecule has 0 atom stereocenters. The molecule has 1 N–H and O–H groups in total. The molecule has 2 aromatic rings. The molecular weight excluding hydrogens is 260 g/mol. The molecule has 1 heterocycles. The third kappa shape index (κ3) is 3.08. The van der Waals surface area contributed by atoms with Crippen molar-refractivity contribution in [1.29, 1.82) is 5.26 Å². The number of nitro groups is 1. The van der Waals surface area contributed by atoms with Crippen molar-refractivity contribution < 1.29 is 4.92 Å². The van der Waals surface area contributed by atoms with E-state index in [1.807, 2.05) is 6.07 Å². The lowest BCUT2D eigenvalue weighted by Crippen LogP contribution is -2.07. The number of nitro benzene ring substituents is 1. The van der Waals surface area contributed by atoms with Gasteiger partial charge in [-0.1, -0.05) is 0 Å². The van der Waals surface area contributed by atoms with Crippen LogP contribution in [0.2, 0.25) is 0 Å². The molecule has 0 saturated carbocycles. The molecule has 0 aliphatic carbocycles. The Morgan fingerprint density at radius 2 is 2.35 bits per heavy atom. The number of nitrogens with zero attached hydrogens (tertiary/aromatic N) is 5. The Hall–Kier alpha value is -2.95. The van der Waals surface area contributed by atoms with Gasteiger partial charge in [0.15, 0.2) is 5.82 Å². The highest BCUT2D eigenvalue weighted by Crippen LogP contribution is 2.21. The second-order valence-electron chi connectivity index (χ2n) is 4.11. The Bertz CT molecular complexity index is 673. The molecule has 0 radical (unpaired) electrons. The van der Waals surface area contributed by atoms with Crippen molar-refractivity contribution in [1.82, 2.24) is 14.8 Å². The van der Waals surface area contributed by atoms with Crippen LogP contribution in [0.5, 0.6) is 0 Å². The van der Waals surface area contributed by atoms with E-state index >= 15 is 0 Å². The molecule has 0 bridgehead atoms. The van der Waals surface area contributed by atoms with Crippen molar-refractivity contribution in [2.75, 3.05) is 11.9 Å². The minimum Gasteiger partial charge on any atom is -0.385 e. The first-order valence-electron chi connectivity index (χ1n) is 5.87. The number of benzene rings is 1. The van der Waals surface area contributed by atoms with Gasteiger partial charge in [-0.05, 0) is 12.1 Å². The Balaban J connectivity index is 2.00. The lowest BCUT2D eigenvalue weighted by Gasteiger charge is -2.05. The number of aryl methyl sites for hydroxylation is 1. The molecule has 0 spiro atoms. The van der Waals surface area contributed by atoms with Crippen LogP contribution in [0.15, 0.2) is 24.5 Å². The zero-order valence-corrected chi connectivity index (χ0v) is 10.8. The van der Waals surface area contributed by atoms with E-state index in [9.17, 15) is 10.1 Å². The van der Waals surface area contributed by atoms with Crippen LogP contribution < -0.4 is 5.32 Å². The van der Waals surface area contributed by atoms with Gasteiger partial charge in [-0.15, -0.1) is 0 Å². The molecule has 2 rings (SSSR count). The SMILES string of the molecule is Cn1cnc(CCNc2ccc([N+](=O)[O-])c(C#N)c2)n1. The highest BCUT2D eigenvalue weighted by molar-refractivity contribution is 5.58. The fourth-order valence-corrected chi connectivity index (χ4v) is 1.71. The molecule has 0 aliphatic heterocycles. The molecule has 0 unspecified atom stereocenters. The number of nitriles is 1. The Kier molecular flexibility index (Phi) is 3.91. The molecule has 1 aromatic heterocycles. The fourth-order valence-electron chi connectivity index (χ4n) is 1.71. The predicted molar refractivity (Wildman–Crippen MR) is 71.0 cm³/mol. The monoisotopic (exact) mass is 272 g/mol. The molecule has 0 aliphatic rings. The van der Waals surface area contributed by atoms with Gasteiger partial charge in [0, 0.05) is 31.8 Å². The maximum atomic E-state index is 10.7. The predicted octanol–water partition coefficient (Wildman–Crippen LogP) is 1.25. The average molecular weight is 272 g/mol. The van der Waals surface area contributed by atoms with Crippen LogP contribution in [-0.4, -0.2) is 26.2 Å². The topological polar surface area (TPSA) is 110 Å². The summed E-state index contributed by atoms with van der Waals surface area (Å²) in [5, 5.41) is 26.8. The van der Waals surface area contributed by atoms with Gasteiger partial charge >= 0.3 is 0 Å². The summed E-state index contributed by atoms with van der Waals surface area (Å²) < 4.78 is 1.62. The van der Waals surface area contributed by atoms with Crippen LogP contribution >= 0.6 is 0 Å². The zero-order valence-electron chi connectivity index (χ0n) is 10.8. The molecular formula is C12H12N6O2. The molecule has 1 aromatic carbocycles. The number of hydrogen-bond donors (Lipinski definition) is 1. The standard InChI is InChI=1S/C12H12N6O2/c1-17-8-15-12(16-17)4-5-14-10-2-3-11(18(19)20)9(6-10)7-13/h2-3,6,8,14H,4-5H2,1H3. The van der Waals surface area contributed by atoms with Crippen LogP contribution in [-0.2, 0) is 13.5 Å². The van der Waals surface area contributed by atoms with Gasteiger partial charge in [-0.25, -0.2) is 4.98 Å². The van der Waals surface area contributed by atoms with Crippen LogP contribution in [0.3, 0.4) is 0 Å². The number of hydrogen-bond acceptors (Lipinski definition) is 6. The number of rotatable bonds is 5. The molecule has 102 valence electrons. The summed E-state index contributed by atoms with van der Waals surface area (Å²) in [6.07, 6.45) is 2.24. The van der Waals surface area contributed by atoms with Gasteiger partial charge in [-0.2, -0.15) is 10.4 Å². The molecule has 8 nitrogen and oxygen atoms in total. The average Bonchev–Trinajstić information content (AvgIpc) is 2.84. The van der Waals surface area contributed by atoms with Gasteiger partial charge in [0.2, 0.25) is 0 Å². The molecule has 0 saturated heterocycles. The van der Waals surface area contributed by atoms with E-state index < -0.39 is 4.92 Å². The Morgan fingerprint density at radius 3 is 2.95 bits per heavy atom. The summed E-state index contributed by atoms with van der Waals surface area (Å²) >= 11 is 0. The summed E-state index contributed by atoms with van der Waals surface area (Å²) in [6.45, 7) is 0.576. The summed E-state index contributed by atoms with van der Waals surface area (Å²) in [6, 6.07) is 6.17. The first-order chi connectivity index (χ1) is 9.60. The van der Waals surface area contributed by atoms with E-state index in [0.29, 0.717) is 24.5 Å². The van der Waals surface area contributed by atoms with Crippen LogP contribution in [0.4, 0.5) is 11.4 Å². The van der Waals surface area contributed by atoms with Gasteiger partial charge in [-0.3, -0.25) is 14.8 Å². The second-order valence-corrected chi connectivity index (χ2v) is 4.11. The lowest BCUT2D eigenvalue weighted by atomic mass is 10.1. The van der Waals surface area contributed by atoms with Gasteiger partial charge in [0.05, 0.1) is 4.92 Å². The summed E-state index contributed by atoms with van der Waals surface area (Å²) in [5.41, 5.74) is 0.503. The maximum Gasteiger partial charge on any atom is 0.287 e. The minimum atomic E-state index is -0.569. The van der Waals surface area contributed by atoms with E-state index in [1.54, 1.807) is 24.1 Å². The largest absolute Gasteiger partial charge is 0.385 e. The molecule has 8 heteroatoms. The molecule has 20 heavy (non-hydrogen) atoms. The van der Waals surface area contributed by atoms with Gasteiger partial charge in [0.1, 0.15) is 18.0 Å². The third-order valence-electron chi connectivity index (χ3n) is 2.64. The van der Waals surface area contributed by atoms with Crippen molar-refractivity contribution in [2.45, 2.75) is 6.42 Å². The minimum absolute atomic E-state index is 0.0379. The van der Waals surface area contributed by atoms with Crippen LogP contribution in [0.1, 0.15) is 11.4 Å². The van der Waals surface area contributed by atoms with E-state index in [2.05, 4.69) is 15.4 Å². The summed E-state index contributed by atoms with van der Waals surface area (Å²) in [5.74, 6) is 0.711. The quantitative estimate of drug-likeness (QED) is 0.648. The first kappa shape index (κ1) is 13.5. The normalized spacial score (nSPS) is 10.0. The first-order valence-corrected chi connectivity index (χ1v) is 5.87. The van der Waals surface area contributed by atoms with Crippen molar-refractivity contribution in [3.05, 3.63) is 46.0 Å². The van der Waals surface area contributed by atoms with Crippen LogP contribution in [0, 0.1) is 21.4 Å². The Morgan fingerprint density at radius 1 is 1.55 bits per heavy atom. The highest BCUT2D eigenvalue weighted by Gasteiger charge is 2.13. The smallest absolute Gasteiger partial charge is 0.287 e. The zero-order chi connectivity index (χ0) is 14.5. The van der Waals surface area contributed by atoms with Gasteiger partial charge in [0.25, 0.3) is 5.69 Å². The number of nitrogens with one attached hydrogen (secondary N) is 1. The van der Waals surface area contributed by atoms with E-state index in [1.165, 1.54) is 12.1 Å². The summed E-state index contributed by atoms with van der Waals surface area (Å²) in [7, 11) is 1.79. The van der Waals surface area contributed by atoms with Crippen molar-refractivity contribution in [3.63, 3.8) is 0 Å². The van der Waals surface area contributed by atoms with Crippen molar-refractivity contribution in [2.24, 2.45) is 7.05 Å². The van der Waals surface area contributed by atoms with E-state index in [-0.39, 0.29) is 11.3 Å². The van der Waals surface area contributed by atoms with E-state index in [0.717, 1.165) is 0 Å². The molecule has 0 fully saturated rings. The van der Waals surface area contributed by atoms with Gasteiger partial charge < -0.3 is 5.32 Å². The molecule has 0 amide bonds. The summed E-state index contributed by atoms with van der Waals surface area (Å²) in [4.78, 5) is 14.2. The number of anilines is 1. The lowest BCUT2D eigenvalue weighted by molar-refractivity contribution is -0.385. The van der Waals surface area contributed by atoms with E-state index in [4.69, 9.17) is 5.26 Å². The Labute approximate surface area is 114 Å². The highest BCUT2D eigenvalue weighted by atomic mass is 16.6. The van der Waals surface area contributed by atoms with Crippen molar-refractivity contribution in [3.8, 4) is 6.07 Å². The second kappa shape index (κ2) is 5.79. The maximum absolute atomic E-state index is 10.7. The van der Waals surface area contributed by atoms with Crippen LogP contribution in [0.25, 0.3) is 0 Å². The van der Waals surface area contributed by atoms with Crippen molar-refractivity contribution >= 4 is 11.4 Å². The fraction of sp³-hybridized carbons (Fsp3) is 0.250.